The molecule has 7 heteroatoms. The van der Waals surface area contributed by atoms with E-state index in [9.17, 15) is 9.90 Å². The Labute approximate surface area is 164 Å². The molecule has 4 rings (SSSR count). The first kappa shape index (κ1) is 17.4. The van der Waals surface area contributed by atoms with E-state index in [2.05, 4.69) is 10.3 Å². The zero-order valence-corrected chi connectivity index (χ0v) is 15.7. The number of carbonyl (C=O) groups excluding carboxylic acids is 1. The first-order valence-electron chi connectivity index (χ1n) is 8.04. The maximum atomic E-state index is 13.1. The zero-order valence-electron chi connectivity index (χ0n) is 13.4. The maximum absolute atomic E-state index is 13.1. The Balaban J connectivity index is 1.83. The quantitative estimate of drug-likeness (QED) is 0.540. The summed E-state index contributed by atoms with van der Waals surface area (Å²) in [6.45, 7) is 0. The van der Waals surface area contributed by atoms with Crippen molar-refractivity contribution in [2.75, 3.05) is 5.32 Å². The van der Waals surface area contributed by atoms with Crippen LogP contribution in [0.2, 0.25) is 15.1 Å². The van der Waals surface area contributed by atoms with Gasteiger partial charge in [-0.15, -0.1) is 0 Å². The van der Waals surface area contributed by atoms with Gasteiger partial charge < -0.3 is 10.4 Å². The Morgan fingerprint density at radius 3 is 2.54 bits per heavy atom. The minimum absolute atomic E-state index is 0.0701. The van der Waals surface area contributed by atoms with Crippen molar-refractivity contribution in [2.45, 2.75) is 19.3 Å². The molecule has 0 saturated heterocycles. The third kappa shape index (κ3) is 2.98. The minimum Gasteiger partial charge on any atom is -0.505 e. The standard InChI is InChI=1S/C19H13Cl3N2O2/c20-9-4-5-16-12(6-9)17(11-2-1-3-15(11)24-16)19(26)23-10-7-13(21)18(25)14(22)8-10/h4-8,25H,1-3H2,(H,23,26). The van der Waals surface area contributed by atoms with Crippen molar-refractivity contribution >= 4 is 57.3 Å². The second kappa shape index (κ2) is 6.62. The van der Waals surface area contributed by atoms with Crippen molar-refractivity contribution in [1.82, 2.24) is 4.98 Å². The van der Waals surface area contributed by atoms with Gasteiger partial charge in [0.15, 0.2) is 5.75 Å². The Morgan fingerprint density at radius 1 is 1.08 bits per heavy atom. The number of phenols is 1. The van der Waals surface area contributed by atoms with Gasteiger partial charge in [0.1, 0.15) is 0 Å². The zero-order chi connectivity index (χ0) is 18.4. The highest BCUT2D eigenvalue weighted by Gasteiger charge is 2.24. The number of aromatic nitrogens is 1. The monoisotopic (exact) mass is 406 g/mol. The molecule has 132 valence electrons. The van der Waals surface area contributed by atoms with E-state index in [0.29, 0.717) is 21.7 Å². The number of hydrogen-bond acceptors (Lipinski definition) is 3. The van der Waals surface area contributed by atoms with E-state index in [0.717, 1.165) is 36.0 Å². The third-order valence-electron chi connectivity index (χ3n) is 4.48. The molecule has 26 heavy (non-hydrogen) atoms. The van der Waals surface area contributed by atoms with Gasteiger partial charge in [-0.3, -0.25) is 9.78 Å². The van der Waals surface area contributed by atoms with Gasteiger partial charge in [-0.1, -0.05) is 34.8 Å². The van der Waals surface area contributed by atoms with Crippen LogP contribution >= 0.6 is 34.8 Å². The maximum Gasteiger partial charge on any atom is 0.256 e. The van der Waals surface area contributed by atoms with Gasteiger partial charge in [-0.2, -0.15) is 0 Å². The average Bonchev–Trinajstić information content (AvgIpc) is 3.05. The molecule has 0 fully saturated rings. The van der Waals surface area contributed by atoms with Crippen molar-refractivity contribution in [3.05, 3.63) is 62.2 Å². The predicted molar refractivity (Wildman–Crippen MR) is 105 cm³/mol. The molecule has 1 aliphatic carbocycles. The van der Waals surface area contributed by atoms with Gasteiger partial charge in [0.25, 0.3) is 5.91 Å². The Kier molecular flexibility index (Phi) is 4.43. The SMILES string of the molecule is O=C(Nc1cc(Cl)c(O)c(Cl)c1)c1c2c(nc3ccc(Cl)cc13)CCC2. The lowest BCUT2D eigenvalue weighted by molar-refractivity contribution is 0.102. The average molecular weight is 408 g/mol. The summed E-state index contributed by atoms with van der Waals surface area (Å²) < 4.78 is 0. The molecular weight excluding hydrogens is 395 g/mol. The fourth-order valence-electron chi connectivity index (χ4n) is 3.33. The van der Waals surface area contributed by atoms with E-state index in [-0.39, 0.29) is 21.7 Å². The fourth-order valence-corrected chi connectivity index (χ4v) is 3.98. The minimum atomic E-state index is -0.282. The molecule has 1 aromatic heterocycles. The molecule has 1 heterocycles. The number of benzene rings is 2. The molecule has 1 aliphatic rings. The molecule has 0 radical (unpaired) electrons. The van der Waals surface area contributed by atoms with Crippen LogP contribution in [0.25, 0.3) is 10.9 Å². The van der Waals surface area contributed by atoms with Crippen LogP contribution in [0.4, 0.5) is 5.69 Å². The number of rotatable bonds is 2. The topological polar surface area (TPSA) is 62.2 Å². The lowest BCUT2D eigenvalue weighted by atomic mass is 10.0. The highest BCUT2D eigenvalue weighted by atomic mass is 35.5. The van der Waals surface area contributed by atoms with Crippen LogP contribution in [0.1, 0.15) is 28.0 Å². The number of aryl methyl sites for hydroxylation is 1. The van der Waals surface area contributed by atoms with E-state index < -0.39 is 0 Å². The van der Waals surface area contributed by atoms with Gasteiger partial charge in [0.05, 0.1) is 21.1 Å². The number of phenolic OH excluding ortho intramolecular Hbond substituents is 1. The number of nitrogens with zero attached hydrogens (tertiary/aromatic N) is 1. The molecule has 0 aliphatic heterocycles. The highest BCUT2D eigenvalue weighted by molar-refractivity contribution is 6.37. The van der Waals surface area contributed by atoms with Crippen LogP contribution in [0.3, 0.4) is 0 Å². The van der Waals surface area contributed by atoms with Gasteiger partial charge in [0, 0.05) is 21.8 Å². The summed E-state index contributed by atoms with van der Waals surface area (Å²) >= 11 is 18.0. The summed E-state index contributed by atoms with van der Waals surface area (Å²) in [4.78, 5) is 17.7. The molecule has 1 amide bonds. The van der Waals surface area contributed by atoms with E-state index >= 15 is 0 Å². The lowest BCUT2D eigenvalue weighted by Gasteiger charge is -2.14. The summed E-state index contributed by atoms with van der Waals surface area (Å²) in [5.41, 5.74) is 3.62. The Hall–Kier alpha value is -2.01. The number of carbonyl (C=O) groups is 1. The van der Waals surface area contributed by atoms with E-state index in [1.165, 1.54) is 12.1 Å². The predicted octanol–water partition coefficient (Wildman–Crippen LogP) is 5.64. The summed E-state index contributed by atoms with van der Waals surface area (Å²) in [6, 6.07) is 8.25. The summed E-state index contributed by atoms with van der Waals surface area (Å²) in [5, 5.41) is 13.9. The number of nitrogens with one attached hydrogen (secondary N) is 1. The summed E-state index contributed by atoms with van der Waals surface area (Å²) in [6.07, 6.45) is 2.61. The largest absolute Gasteiger partial charge is 0.505 e. The molecule has 0 unspecified atom stereocenters. The van der Waals surface area contributed by atoms with Crippen molar-refractivity contribution in [3.8, 4) is 5.75 Å². The van der Waals surface area contributed by atoms with Crippen LogP contribution in [0, 0.1) is 0 Å². The van der Waals surface area contributed by atoms with Crippen molar-refractivity contribution in [2.24, 2.45) is 0 Å². The number of aromatic hydroxyl groups is 1. The molecule has 0 atom stereocenters. The Morgan fingerprint density at radius 2 is 1.81 bits per heavy atom. The molecular formula is C19H13Cl3N2O2. The molecule has 0 bridgehead atoms. The third-order valence-corrected chi connectivity index (χ3v) is 5.29. The summed E-state index contributed by atoms with van der Waals surface area (Å²) in [5.74, 6) is -0.496. The second-order valence-electron chi connectivity index (χ2n) is 6.17. The second-order valence-corrected chi connectivity index (χ2v) is 7.42. The molecule has 3 aromatic rings. The molecule has 2 aromatic carbocycles. The normalized spacial score (nSPS) is 13.0. The van der Waals surface area contributed by atoms with E-state index in [4.69, 9.17) is 34.8 Å². The van der Waals surface area contributed by atoms with Gasteiger partial charge in [-0.25, -0.2) is 0 Å². The Bertz CT molecular complexity index is 1040. The number of fused-ring (bicyclic) bond motifs is 2. The first-order chi connectivity index (χ1) is 12.4. The first-order valence-corrected chi connectivity index (χ1v) is 9.18. The number of halogens is 3. The highest BCUT2D eigenvalue weighted by Crippen LogP contribution is 2.36. The molecule has 0 saturated carbocycles. The lowest BCUT2D eigenvalue weighted by Crippen LogP contribution is -2.15. The van der Waals surface area contributed by atoms with Crippen molar-refractivity contribution < 1.29 is 9.90 Å². The number of amides is 1. The van der Waals surface area contributed by atoms with Crippen LogP contribution < -0.4 is 5.32 Å². The molecule has 2 N–H and O–H groups in total. The number of hydrogen-bond donors (Lipinski definition) is 2. The van der Waals surface area contributed by atoms with Crippen LogP contribution in [0.15, 0.2) is 30.3 Å². The van der Waals surface area contributed by atoms with Gasteiger partial charge >= 0.3 is 0 Å². The number of anilines is 1. The number of pyridine rings is 1. The fraction of sp³-hybridized carbons (Fsp3) is 0.158. The van der Waals surface area contributed by atoms with Gasteiger partial charge in [-0.05, 0) is 55.2 Å². The van der Waals surface area contributed by atoms with Crippen LogP contribution in [-0.4, -0.2) is 16.0 Å². The summed E-state index contributed by atoms with van der Waals surface area (Å²) in [7, 11) is 0. The van der Waals surface area contributed by atoms with E-state index in [1.54, 1.807) is 12.1 Å². The van der Waals surface area contributed by atoms with Crippen molar-refractivity contribution in [1.29, 1.82) is 0 Å². The van der Waals surface area contributed by atoms with Crippen LogP contribution in [0.5, 0.6) is 5.75 Å². The van der Waals surface area contributed by atoms with Crippen LogP contribution in [-0.2, 0) is 12.8 Å². The molecule has 4 nitrogen and oxygen atoms in total. The molecule has 0 spiro atoms. The van der Waals surface area contributed by atoms with E-state index in [1.807, 2.05) is 6.07 Å². The van der Waals surface area contributed by atoms with Crippen molar-refractivity contribution in [3.63, 3.8) is 0 Å². The smallest absolute Gasteiger partial charge is 0.256 e. The van der Waals surface area contributed by atoms with Gasteiger partial charge in [0.2, 0.25) is 0 Å².